The molecule has 3 heterocycles. The maximum atomic E-state index is 5.91. The Bertz CT molecular complexity index is 1060. The quantitative estimate of drug-likeness (QED) is 0.557. The first kappa shape index (κ1) is 13.2. The number of fused-ring (bicyclic) bond motifs is 4. The lowest BCUT2D eigenvalue weighted by Gasteiger charge is -2.18. The van der Waals surface area contributed by atoms with Gasteiger partial charge in [-0.25, -0.2) is 4.98 Å². The number of aromatic nitrogens is 2. The molecule has 5 rings (SSSR count). The van der Waals surface area contributed by atoms with Gasteiger partial charge in [-0.2, -0.15) is 4.98 Å². The van der Waals surface area contributed by atoms with E-state index in [1.54, 1.807) is 6.07 Å². The van der Waals surface area contributed by atoms with E-state index in [1.807, 2.05) is 36.4 Å². The van der Waals surface area contributed by atoms with E-state index >= 15 is 0 Å². The normalized spacial score (nSPS) is 13.3. The molecule has 0 radical (unpaired) electrons. The Labute approximate surface area is 136 Å². The lowest BCUT2D eigenvalue weighted by molar-refractivity contribution is 0.171. The van der Waals surface area contributed by atoms with Crippen LogP contribution in [-0.2, 0) is 0 Å². The SMILES string of the molecule is c1ccc2c(c1)oc1c(Oc3ccc4c(c3)OCCO4)ncnc12. The second-order valence-electron chi connectivity index (χ2n) is 5.36. The summed E-state index contributed by atoms with van der Waals surface area (Å²) in [6.07, 6.45) is 1.47. The van der Waals surface area contributed by atoms with Crippen molar-refractivity contribution in [2.45, 2.75) is 0 Å². The van der Waals surface area contributed by atoms with Gasteiger partial charge in [-0.05, 0) is 24.3 Å². The fourth-order valence-corrected chi connectivity index (χ4v) is 2.77. The number of nitrogens with zero attached hydrogens (tertiary/aromatic N) is 2. The topological polar surface area (TPSA) is 66.6 Å². The molecule has 118 valence electrons. The van der Waals surface area contributed by atoms with Crippen molar-refractivity contribution in [1.29, 1.82) is 0 Å². The van der Waals surface area contributed by atoms with E-state index in [-0.39, 0.29) is 0 Å². The van der Waals surface area contributed by atoms with Crippen molar-refractivity contribution in [3.63, 3.8) is 0 Å². The molecule has 4 aromatic rings. The predicted octanol–water partition coefficient (Wildman–Crippen LogP) is 3.94. The second kappa shape index (κ2) is 5.13. The summed E-state index contributed by atoms with van der Waals surface area (Å²) < 4.78 is 22.9. The molecule has 1 aliphatic rings. The van der Waals surface area contributed by atoms with Crippen LogP contribution >= 0.6 is 0 Å². The highest BCUT2D eigenvalue weighted by Crippen LogP contribution is 2.37. The maximum absolute atomic E-state index is 5.91. The number of furan rings is 1. The Morgan fingerprint density at radius 2 is 1.79 bits per heavy atom. The van der Waals surface area contributed by atoms with Gasteiger partial charge in [-0.1, -0.05) is 12.1 Å². The van der Waals surface area contributed by atoms with Gasteiger partial charge in [-0.15, -0.1) is 0 Å². The smallest absolute Gasteiger partial charge is 0.267 e. The average molecular weight is 320 g/mol. The molecule has 0 unspecified atom stereocenters. The summed E-state index contributed by atoms with van der Waals surface area (Å²) in [5.74, 6) is 2.34. The Kier molecular flexibility index (Phi) is 2.82. The van der Waals surface area contributed by atoms with Crippen LogP contribution in [0.4, 0.5) is 0 Å². The van der Waals surface area contributed by atoms with Gasteiger partial charge in [-0.3, -0.25) is 0 Å². The third-order valence-electron chi connectivity index (χ3n) is 3.85. The van der Waals surface area contributed by atoms with Gasteiger partial charge in [0.25, 0.3) is 5.88 Å². The lowest BCUT2D eigenvalue weighted by atomic mass is 10.2. The van der Waals surface area contributed by atoms with Crippen LogP contribution in [0.5, 0.6) is 23.1 Å². The highest BCUT2D eigenvalue weighted by molar-refractivity contribution is 6.03. The van der Waals surface area contributed by atoms with Gasteiger partial charge in [0.15, 0.2) is 11.5 Å². The van der Waals surface area contributed by atoms with Crippen LogP contribution in [0, 0.1) is 0 Å². The molecular formula is C18H12N2O4. The monoisotopic (exact) mass is 320 g/mol. The molecule has 0 atom stereocenters. The largest absolute Gasteiger partial charge is 0.486 e. The zero-order valence-electron chi connectivity index (χ0n) is 12.6. The highest BCUT2D eigenvalue weighted by Gasteiger charge is 2.16. The number of rotatable bonds is 2. The van der Waals surface area contributed by atoms with Gasteiger partial charge < -0.3 is 18.6 Å². The van der Waals surface area contributed by atoms with Crippen molar-refractivity contribution in [1.82, 2.24) is 9.97 Å². The standard InChI is InChI=1S/C18H12N2O4/c1-2-4-13-12(3-1)16-17(24-13)18(20-10-19-16)23-11-5-6-14-15(9-11)22-8-7-21-14/h1-6,9-10H,7-8H2. The molecule has 1 aliphatic heterocycles. The Morgan fingerprint density at radius 1 is 0.917 bits per heavy atom. The fraction of sp³-hybridized carbons (Fsp3) is 0.111. The molecule has 0 aliphatic carbocycles. The van der Waals surface area contributed by atoms with Gasteiger partial charge in [0.05, 0.1) is 0 Å². The molecule has 2 aromatic heterocycles. The van der Waals surface area contributed by atoms with Crippen LogP contribution in [0.2, 0.25) is 0 Å². The second-order valence-corrected chi connectivity index (χ2v) is 5.36. The van der Waals surface area contributed by atoms with Gasteiger partial charge in [0, 0.05) is 11.5 Å². The molecular weight excluding hydrogens is 308 g/mol. The zero-order chi connectivity index (χ0) is 15.9. The van der Waals surface area contributed by atoms with Gasteiger partial charge in [0.1, 0.15) is 36.4 Å². The maximum Gasteiger partial charge on any atom is 0.267 e. The minimum Gasteiger partial charge on any atom is -0.486 e. The van der Waals surface area contributed by atoms with Crippen molar-refractivity contribution < 1.29 is 18.6 Å². The van der Waals surface area contributed by atoms with E-state index in [2.05, 4.69) is 9.97 Å². The van der Waals surface area contributed by atoms with Crippen molar-refractivity contribution >= 4 is 22.1 Å². The summed E-state index contributed by atoms with van der Waals surface area (Å²) in [5, 5.41) is 0.932. The van der Waals surface area contributed by atoms with E-state index < -0.39 is 0 Å². The Morgan fingerprint density at radius 3 is 2.75 bits per heavy atom. The third kappa shape index (κ3) is 2.04. The summed E-state index contributed by atoms with van der Waals surface area (Å²) >= 11 is 0. The number of para-hydroxylation sites is 1. The van der Waals surface area contributed by atoms with Crippen LogP contribution < -0.4 is 14.2 Å². The molecule has 24 heavy (non-hydrogen) atoms. The van der Waals surface area contributed by atoms with Crippen LogP contribution in [-0.4, -0.2) is 23.2 Å². The summed E-state index contributed by atoms with van der Waals surface area (Å²) in [4.78, 5) is 8.52. The minimum absolute atomic E-state index is 0.368. The molecule has 0 fully saturated rings. The van der Waals surface area contributed by atoms with Gasteiger partial charge >= 0.3 is 0 Å². The first-order valence-corrected chi connectivity index (χ1v) is 7.58. The molecule has 0 saturated carbocycles. The molecule has 2 aromatic carbocycles. The number of hydrogen-bond acceptors (Lipinski definition) is 6. The van der Waals surface area contributed by atoms with Crippen LogP contribution in [0.15, 0.2) is 53.2 Å². The predicted molar refractivity (Wildman–Crippen MR) is 86.8 cm³/mol. The summed E-state index contributed by atoms with van der Waals surface area (Å²) in [7, 11) is 0. The van der Waals surface area contributed by atoms with Crippen LogP contribution in [0.3, 0.4) is 0 Å². The third-order valence-corrected chi connectivity index (χ3v) is 3.85. The van der Waals surface area contributed by atoms with E-state index in [0.29, 0.717) is 41.9 Å². The summed E-state index contributed by atoms with van der Waals surface area (Å²) in [5.41, 5.74) is 2.00. The van der Waals surface area contributed by atoms with E-state index in [1.165, 1.54) is 6.33 Å². The average Bonchev–Trinajstić information content (AvgIpc) is 3.02. The molecule has 6 nitrogen and oxygen atoms in total. The van der Waals surface area contributed by atoms with E-state index in [9.17, 15) is 0 Å². The zero-order valence-corrected chi connectivity index (χ0v) is 12.6. The molecule has 0 spiro atoms. The van der Waals surface area contributed by atoms with E-state index in [0.717, 1.165) is 16.5 Å². The molecule has 0 saturated heterocycles. The first-order valence-electron chi connectivity index (χ1n) is 7.58. The fourth-order valence-electron chi connectivity index (χ4n) is 2.77. The van der Waals surface area contributed by atoms with Crippen molar-refractivity contribution in [2.24, 2.45) is 0 Å². The highest BCUT2D eigenvalue weighted by atomic mass is 16.6. The summed E-state index contributed by atoms with van der Waals surface area (Å²) in [6.45, 7) is 1.08. The lowest BCUT2D eigenvalue weighted by Crippen LogP contribution is -2.15. The van der Waals surface area contributed by atoms with Crippen molar-refractivity contribution in [3.05, 3.63) is 48.8 Å². The van der Waals surface area contributed by atoms with Gasteiger partial charge in [0.2, 0.25) is 5.58 Å². The molecule has 0 amide bonds. The number of hydrogen-bond donors (Lipinski definition) is 0. The van der Waals surface area contributed by atoms with Crippen molar-refractivity contribution in [3.8, 4) is 23.1 Å². The molecule has 0 bridgehead atoms. The first-order chi connectivity index (χ1) is 11.9. The molecule has 0 N–H and O–H groups in total. The number of benzene rings is 2. The van der Waals surface area contributed by atoms with E-state index in [4.69, 9.17) is 18.6 Å². The summed E-state index contributed by atoms with van der Waals surface area (Å²) in [6, 6.07) is 13.1. The molecule has 6 heteroatoms. The number of ether oxygens (including phenoxy) is 3. The van der Waals surface area contributed by atoms with Crippen molar-refractivity contribution in [2.75, 3.05) is 13.2 Å². The minimum atomic E-state index is 0.368. The van der Waals surface area contributed by atoms with Crippen LogP contribution in [0.1, 0.15) is 0 Å². The Hall–Kier alpha value is -3.28. The van der Waals surface area contributed by atoms with Crippen LogP contribution in [0.25, 0.3) is 22.1 Å². The Balaban J connectivity index is 1.59.